The van der Waals surface area contributed by atoms with Crippen LogP contribution in [0.15, 0.2) is 70.1 Å². The molecule has 26 heavy (non-hydrogen) atoms. The average molecular weight is 449 g/mol. The summed E-state index contributed by atoms with van der Waals surface area (Å²) in [6.45, 7) is 2.42. The molecule has 2 nitrogen and oxygen atoms in total. The van der Waals surface area contributed by atoms with Gasteiger partial charge in [0.1, 0.15) is 12.4 Å². The summed E-state index contributed by atoms with van der Waals surface area (Å²) >= 11 is 15.9. The Morgan fingerprint density at radius 2 is 1.73 bits per heavy atom. The van der Waals surface area contributed by atoms with Crippen LogP contribution >= 0.6 is 39.1 Å². The summed E-state index contributed by atoms with van der Waals surface area (Å²) in [6, 6.07) is 19.3. The first-order valence-corrected chi connectivity index (χ1v) is 9.53. The van der Waals surface area contributed by atoms with Crippen LogP contribution in [0.1, 0.15) is 16.7 Å². The Kier molecular flexibility index (Phi) is 6.36. The Balaban J connectivity index is 1.67. The number of aliphatic imine (C=N–C) groups is 1. The van der Waals surface area contributed by atoms with Gasteiger partial charge in [-0.3, -0.25) is 4.99 Å². The van der Waals surface area contributed by atoms with E-state index >= 15 is 0 Å². The highest BCUT2D eigenvalue weighted by atomic mass is 79.9. The molecule has 0 amide bonds. The number of aryl methyl sites for hydroxylation is 1. The Labute approximate surface area is 171 Å². The quantitative estimate of drug-likeness (QED) is 0.372. The first-order valence-electron chi connectivity index (χ1n) is 7.98. The molecule has 0 fully saturated rings. The molecular weight excluding hydrogens is 433 g/mol. The highest BCUT2D eigenvalue weighted by Gasteiger charge is 2.04. The fraction of sp³-hybridized carbons (Fsp3) is 0.0952. The molecule has 0 bridgehead atoms. The first kappa shape index (κ1) is 19.0. The highest BCUT2D eigenvalue weighted by molar-refractivity contribution is 9.10. The zero-order valence-electron chi connectivity index (χ0n) is 14.0. The fourth-order valence-corrected chi connectivity index (χ4v) is 2.95. The number of halogens is 3. The van der Waals surface area contributed by atoms with Crippen molar-refractivity contribution in [2.24, 2.45) is 4.99 Å². The minimum atomic E-state index is 0.461. The van der Waals surface area contributed by atoms with Gasteiger partial charge in [0, 0.05) is 15.7 Å². The lowest BCUT2D eigenvalue weighted by molar-refractivity contribution is 0.306. The van der Waals surface area contributed by atoms with Crippen LogP contribution in [0.4, 0.5) is 5.69 Å². The summed E-state index contributed by atoms with van der Waals surface area (Å²) in [6.07, 6.45) is 1.76. The lowest BCUT2D eigenvalue weighted by Crippen LogP contribution is -1.96. The maximum absolute atomic E-state index is 6.33. The Bertz CT molecular complexity index is 939. The molecule has 0 N–H and O–H groups in total. The van der Waals surface area contributed by atoms with Gasteiger partial charge in [-0.2, -0.15) is 0 Å². The van der Waals surface area contributed by atoms with Gasteiger partial charge in [-0.15, -0.1) is 0 Å². The van der Waals surface area contributed by atoms with Crippen molar-refractivity contribution in [1.82, 2.24) is 0 Å². The molecule has 0 heterocycles. The first-order chi connectivity index (χ1) is 12.5. The predicted molar refractivity (Wildman–Crippen MR) is 113 cm³/mol. The molecule has 0 aliphatic rings. The number of hydrogen-bond acceptors (Lipinski definition) is 2. The van der Waals surface area contributed by atoms with Gasteiger partial charge >= 0.3 is 0 Å². The van der Waals surface area contributed by atoms with Crippen molar-refractivity contribution in [3.8, 4) is 5.75 Å². The third kappa shape index (κ3) is 5.10. The van der Waals surface area contributed by atoms with Crippen LogP contribution in [0.25, 0.3) is 0 Å². The van der Waals surface area contributed by atoms with Gasteiger partial charge in [0.15, 0.2) is 0 Å². The second kappa shape index (κ2) is 8.72. The third-order valence-electron chi connectivity index (χ3n) is 3.78. The Hall–Kier alpha value is -1.81. The van der Waals surface area contributed by atoms with Gasteiger partial charge in [-0.25, -0.2) is 0 Å². The Morgan fingerprint density at radius 1 is 0.962 bits per heavy atom. The van der Waals surface area contributed by atoms with Crippen LogP contribution in [-0.2, 0) is 6.61 Å². The van der Waals surface area contributed by atoms with E-state index in [1.807, 2.05) is 67.6 Å². The fourth-order valence-electron chi connectivity index (χ4n) is 2.27. The minimum absolute atomic E-state index is 0.461. The van der Waals surface area contributed by atoms with Gasteiger partial charge in [-0.1, -0.05) is 57.3 Å². The molecule has 0 aromatic heterocycles. The topological polar surface area (TPSA) is 21.6 Å². The van der Waals surface area contributed by atoms with Crippen LogP contribution in [-0.4, -0.2) is 6.21 Å². The van der Waals surface area contributed by atoms with Crippen molar-refractivity contribution >= 4 is 51.0 Å². The smallest absolute Gasteiger partial charge is 0.138 e. The zero-order chi connectivity index (χ0) is 18.5. The van der Waals surface area contributed by atoms with Gasteiger partial charge in [-0.05, 0) is 66.1 Å². The van der Waals surface area contributed by atoms with Crippen LogP contribution in [0.3, 0.4) is 0 Å². The van der Waals surface area contributed by atoms with Gasteiger partial charge in [0.05, 0.1) is 10.7 Å². The zero-order valence-corrected chi connectivity index (χ0v) is 17.1. The maximum Gasteiger partial charge on any atom is 0.138 e. The minimum Gasteiger partial charge on any atom is -0.487 e. The van der Waals surface area contributed by atoms with Crippen molar-refractivity contribution in [2.75, 3.05) is 0 Å². The molecule has 3 aromatic rings. The van der Waals surface area contributed by atoms with Gasteiger partial charge < -0.3 is 4.74 Å². The molecule has 3 rings (SSSR count). The van der Waals surface area contributed by atoms with Crippen LogP contribution < -0.4 is 4.74 Å². The monoisotopic (exact) mass is 447 g/mol. The summed E-state index contributed by atoms with van der Waals surface area (Å²) < 4.78 is 6.84. The summed E-state index contributed by atoms with van der Waals surface area (Å²) in [5, 5.41) is 1.25. The lowest BCUT2D eigenvalue weighted by atomic mass is 10.2. The molecule has 0 atom stereocenters. The van der Waals surface area contributed by atoms with Crippen molar-refractivity contribution in [3.05, 3.63) is 91.9 Å². The van der Waals surface area contributed by atoms with Crippen molar-refractivity contribution in [3.63, 3.8) is 0 Å². The molecule has 0 radical (unpaired) electrons. The van der Waals surface area contributed by atoms with Crippen molar-refractivity contribution in [1.29, 1.82) is 0 Å². The largest absolute Gasteiger partial charge is 0.487 e. The molecule has 0 saturated carbocycles. The molecule has 0 aliphatic heterocycles. The number of benzene rings is 3. The van der Waals surface area contributed by atoms with Crippen molar-refractivity contribution < 1.29 is 4.74 Å². The van der Waals surface area contributed by atoms with Crippen LogP contribution in [0, 0.1) is 6.92 Å². The molecule has 132 valence electrons. The van der Waals surface area contributed by atoms with Crippen molar-refractivity contribution in [2.45, 2.75) is 13.5 Å². The predicted octanol–water partition coefficient (Wildman–Crippen LogP) is 7.39. The molecule has 0 saturated heterocycles. The van der Waals surface area contributed by atoms with E-state index in [9.17, 15) is 0 Å². The third-order valence-corrected chi connectivity index (χ3v) is 5.01. The van der Waals surface area contributed by atoms with E-state index < -0.39 is 0 Å². The molecule has 5 heteroatoms. The average Bonchev–Trinajstić information content (AvgIpc) is 2.63. The van der Waals surface area contributed by atoms with E-state index in [1.54, 1.807) is 6.21 Å². The standard InChI is InChI=1S/C21H16BrCl2NO/c1-14-2-8-18(11-19(14)23)25-12-16-5-9-21(20(24)10-16)26-13-15-3-6-17(22)7-4-15/h2-12H,13H2,1H3. The normalized spacial score (nSPS) is 11.1. The van der Waals surface area contributed by atoms with E-state index in [0.717, 1.165) is 26.9 Å². The van der Waals surface area contributed by atoms with E-state index in [-0.39, 0.29) is 0 Å². The Morgan fingerprint density at radius 3 is 2.42 bits per heavy atom. The number of nitrogens with zero attached hydrogens (tertiary/aromatic N) is 1. The molecular formula is C21H16BrCl2NO. The molecule has 3 aromatic carbocycles. The number of hydrogen-bond donors (Lipinski definition) is 0. The van der Waals surface area contributed by atoms with E-state index in [2.05, 4.69) is 20.9 Å². The molecule has 0 aliphatic carbocycles. The highest BCUT2D eigenvalue weighted by Crippen LogP contribution is 2.27. The summed E-state index contributed by atoms with van der Waals surface area (Å²) in [4.78, 5) is 4.44. The molecule has 0 spiro atoms. The van der Waals surface area contributed by atoms with E-state index in [1.165, 1.54) is 0 Å². The van der Waals surface area contributed by atoms with Gasteiger partial charge in [0.2, 0.25) is 0 Å². The number of rotatable bonds is 5. The summed E-state index contributed by atoms with van der Waals surface area (Å²) in [5.74, 6) is 0.644. The van der Waals surface area contributed by atoms with Gasteiger partial charge in [0.25, 0.3) is 0 Å². The van der Waals surface area contributed by atoms with Crippen LogP contribution in [0.2, 0.25) is 10.0 Å². The second-order valence-electron chi connectivity index (χ2n) is 5.80. The van der Waals surface area contributed by atoms with Crippen LogP contribution in [0.5, 0.6) is 5.75 Å². The van der Waals surface area contributed by atoms with E-state index in [0.29, 0.717) is 22.4 Å². The maximum atomic E-state index is 6.33. The summed E-state index contributed by atoms with van der Waals surface area (Å²) in [7, 11) is 0. The summed E-state index contributed by atoms with van der Waals surface area (Å²) in [5.41, 5.74) is 3.79. The number of ether oxygens (including phenoxy) is 1. The van der Waals surface area contributed by atoms with E-state index in [4.69, 9.17) is 27.9 Å². The lowest BCUT2D eigenvalue weighted by Gasteiger charge is -2.09. The molecule has 0 unspecified atom stereocenters. The second-order valence-corrected chi connectivity index (χ2v) is 7.53. The SMILES string of the molecule is Cc1ccc(N=Cc2ccc(OCc3ccc(Br)cc3)c(Cl)c2)cc1Cl.